The Labute approximate surface area is 119 Å². The number of hydrogen-bond donors (Lipinski definition) is 0. The lowest BCUT2D eigenvalue weighted by atomic mass is 9.55. The van der Waals surface area contributed by atoms with Gasteiger partial charge in [-0.15, -0.1) is 8.46 Å². The molecule has 2 aromatic carbocycles. The summed E-state index contributed by atoms with van der Waals surface area (Å²) in [5, 5.41) is 1.84. The Hall–Kier alpha value is -1.07. The van der Waals surface area contributed by atoms with E-state index >= 15 is 0 Å². The highest BCUT2D eigenvalue weighted by Gasteiger charge is 2.23. The monoisotopic (exact) mass is 268 g/mol. The van der Waals surface area contributed by atoms with Gasteiger partial charge in [0.15, 0.2) is 6.43 Å². The second-order valence-electron chi connectivity index (χ2n) is 6.18. The van der Waals surface area contributed by atoms with Crippen LogP contribution in [0.15, 0.2) is 54.6 Å². The molecule has 0 aliphatic carbocycles. The molecule has 2 aromatic rings. The fourth-order valence-corrected chi connectivity index (χ4v) is 3.25. The van der Waals surface area contributed by atoms with Crippen molar-refractivity contribution in [3.8, 4) is 11.1 Å². The lowest BCUT2D eigenvalue weighted by Gasteiger charge is -2.24. The van der Waals surface area contributed by atoms with Crippen molar-refractivity contribution >= 4 is 20.2 Å². The van der Waals surface area contributed by atoms with Gasteiger partial charge in [0.05, 0.1) is 0 Å². The van der Waals surface area contributed by atoms with Gasteiger partial charge in [0.25, 0.3) is 0 Å². The van der Waals surface area contributed by atoms with Crippen LogP contribution in [0.4, 0.5) is 0 Å². The topological polar surface area (TPSA) is 0 Å². The van der Waals surface area contributed by atoms with Crippen molar-refractivity contribution < 1.29 is 0 Å². The van der Waals surface area contributed by atoms with E-state index in [1.165, 1.54) is 16.4 Å². The van der Waals surface area contributed by atoms with Gasteiger partial charge in [0.1, 0.15) is 0 Å². The molecular formula is C17H22BP. The third-order valence-electron chi connectivity index (χ3n) is 3.65. The number of benzene rings is 2. The van der Waals surface area contributed by atoms with Crippen LogP contribution in [0.2, 0.25) is 12.1 Å². The average Bonchev–Trinajstić information content (AvgIpc) is 2.39. The molecule has 0 spiro atoms. The zero-order chi connectivity index (χ0) is 13.9. The molecule has 1 atom stereocenters. The van der Waals surface area contributed by atoms with E-state index in [4.69, 9.17) is 0 Å². The highest BCUT2D eigenvalue weighted by molar-refractivity contribution is 7.82. The molecule has 0 saturated carbocycles. The molecule has 2 rings (SSSR count). The van der Waals surface area contributed by atoms with Crippen LogP contribution < -0.4 is 5.30 Å². The highest BCUT2D eigenvalue weighted by atomic mass is 31.1. The Morgan fingerprint density at radius 1 is 0.842 bits per heavy atom. The Morgan fingerprint density at radius 2 is 1.47 bits per heavy atom. The summed E-state index contributed by atoms with van der Waals surface area (Å²) in [5.74, 6) is 0. The van der Waals surface area contributed by atoms with Crippen LogP contribution in [0.3, 0.4) is 0 Å². The Morgan fingerprint density at radius 3 is 2.11 bits per heavy atom. The minimum absolute atomic E-state index is 0.376. The molecule has 0 nitrogen and oxygen atoms in total. The van der Waals surface area contributed by atoms with Crippen LogP contribution in [0, 0.1) is 0 Å². The van der Waals surface area contributed by atoms with Gasteiger partial charge >= 0.3 is 0 Å². The third kappa shape index (κ3) is 3.95. The molecule has 0 saturated heterocycles. The summed E-state index contributed by atoms with van der Waals surface area (Å²) in [7, 11) is 0.871. The summed E-state index contributed by atoms with van der Waals surface area (Å²) in [6.45, 7) is 9.33. The van der Waals surface area contributed by atoms with Crippen molar-refractivity contribution in [3.63, 3.8) is 0 Å². The standard InChI is InChI=1S/C17H22BP/c1-17(2,3)18(4)19-16-12-8-11-15(13-16)14-9-6-5-7-10-14/h5-13,19H,1-4H3. The van der Waals surface area contributed by atoms with Gasteiger partial charge in [-0.2, -0.15) is 0 Å². The van der Waals surface area contributed by atoms with Gasteiger partial charge in [-0.25, -0.2) is 0 Å². The van der Waals surface area contributed by atoms with Crippen LogP contribution >= 0.6 is 8.46 Å². The van der Waals surface area contributed by atoms with Gasteiger partial charge in [-0.3, -0.25) is 0 Å². The zero-order valence-electron chi connectivity index (χ0n) is 12.3. The SMILES string of the molecule is CB(Pc1cccc(-c2ccccc2)c1)C(C)(C)C. The normalized spacial score (nSPS) is 12.0. The van der Waals surface area contributed by atoms with E-state index in [-0.39, 0.29) is 0 Å². The summed E-state index contributed by atoms with van der Waals surface area (Å²) in [5.41, 5.74) is 2.63. The molecule has 0 aliphatic heterocycles. The molecule has 0 N–H and O–H groups in total. The summed E-state index contributed by atoms with van der Waals surface area (Å²) in [6, 6.07) is 19.6. The lowest BCUT2D eigenvalue weighted by molar-refractivity contribution is 0.751. The largest absolute Gasteiger partial charge is 0.174 e. The fourth-order valence-electron chi connectivity index (χ4n) is 1.89. The van der Waals surface area contributed by atoms with Crippen molar-refractivity contribution in [2.24, 2.45) is 0 Å². The van der Waals surface area contributed by atoms with E-state index in [0.717, 1.165) is 8.46 Å². The molecule has 0 radical (unpaired) electrons. The van der Waals surface area contributed by atoms with E-state index in [1.54, 1.807) is 0 Å². The first-order valence-electron chi connectivity index (χ1n) is 6.89. The van der Waals surface area contributed by atoms with E-state index in [9.17, 15) is 0 Å². The summed E-state index contributed by atoms with van der Waals surface area (Å²) in [4.78, 5) is 0. The predicted molar refractivity (Wildman–Crippen MR) is 91.2 cm³/mol. The van der Waals surface area contributed by atoms with Gasteiger partial charge < -0.3 is 0 Å². The number of rotatable bonds is 3. The predicted octanol–water partition coefficient (Wildman–Crippen LogP) is 5.08. The lowest BCUT2D eigenvalue weighted by Crippen LogP contribution is -2.19. The first-order valence-corrected chi connectivity index (χ1v) is 7.96. The molecule has 0 bridgehead atoms. The zero-order valence-corrected chi connectivity index (χ0v) is 13.3. The molecule has 0 fully saturated rings. The van der Waals surface area contributed by atoms with Crippen molar-refractivity contribution in [2.45, 2.75) is 32.9 Å². The highest BCUT2D eigenvalue weighted by Crippen LogP contribution is 2.36. The second-order valence-corrected chi connectivity index (χ2v) is 7.91. The van der Waals surface area contributed by atoms with Crippen LogP contribution in [0.5, 0.6) is 0 Å². The van der Waals surface area contributed by atoms with Gasteiger partial charge in [-0.05, 0) is 22.5 Å². The van der Waals surface area contributed by atoms with E-state index in [1.807, 2.05) is 0 Å². The maximum atomic E-state index is 2.35. The maximum Gasteiger partial charge on any atom is 0.174 e. The number of hydrogen-bond acceptors (Lipinski definition) is 0. The summed E-state index contributed by atoms with van der Waals surface area (Å²) >= 11 is 0. The Kier molecular flexibility index (Phi) is 4.48. The van der Waals surface area contributed by atoms with Gasteiger partial charge in [0, 0.05) is 0 Å². The molecular weight excluding hydrogens is 246 g/mol. The Bertz CT molecular complexity index is 528. The summed E-state index contributed by atoms with van der Waals surface area (Å²) < 4.78 is 0. The fraction of sp³-hybridized carbons (Fsp3) is 0.294. The van der Waals surface area contributed by atoms with E-state index in [0.29, 0.717) is 11.7 Å². The van der Waals surface area contributed by atoms with E-state index < -0.39 is 0 Å². The second kappa shape index (κ2) is 5.93. The summed E-state index contributed by atoms with van der Waals surface area (Å²) in [6.07, 6.45) is 0.707. The smallest absolute Gasteiger partial charge is 0.124 e. The average molecular weight is 268 g/mol. The molecule has 1 unspecified atom stereocenters. The molecule has 0 aromatic heterocycles. The maximum absolute atomic E-state index is 2.35. The van der Waals surface area contributed by atoms with Crippen LogP contribution in [0.25, 0.3) is 11.1 Å². The molecule has 0 amide bonds. The Balaban J connectivity index is 2.21. The van der Waals surface area contributed by atoms with Crippen LogP contribution in [-0.2, 0) is 0 Å². The van der Waals surface area contributed by atoms with Crippen molar-refractivity contribution in [1.82, 2.24) is 0 Å². The van der Waals surface area contributed by atoms with Gasteiger partial charge in [0.2, 0.25) is 0 Å². The van der Waals surface area contributed by atoms with Crippen LogP contribution in [0.1, 0.15) is 20.8 Å². The minimum atomic E-state index is 0.376. The molecule has 2 heteroatoms. The molecule has 0 heterocycles. The van der Waals surface area contributed by atoms with Crippen molar-refractivity contribution in [1.29, 1.82) is 0 Å². The third-order valence-corrected chi connectivity index (χ3v) is 5.60. The molecule has 0 aliphatic rings. The first kappa shape index (κ1) is 14.3. The minimum Gasteiger partial charge on any atom is -0.124 e. The first-order chi connectivity index (χ1) is 8.97. The van der Waals surface area contributed by atoms with Crippen molar-refractivity contribution in [2.75, 3.05) is 0 Å². The van der Waals surface area contributed by atoms with E-state index in [2.05, 4.69) is 82.2 Å². The molecule has 19 heavy (non-hydrogen) atoms. The van der Waals surface area contributed by atoms with Crippen LogP contribution in [-0.4, -0.2) is 6.43 Å². The van der Waals surface area contributed by atoms with Gasteiger partial charge in [-0.1, -0.05) is 81.4 Å². The molecule has 98 valence electrons. The van der Waals surface area contributed by atoms with Crippen molar-refractivity contribution in [3.05, 3.63) is 54.6 Å². The quantitative estimate of drug-likeness (QED) is 0.538.